The SMILES string of the molecule is CC1=C[C@H]2Cc3nc4cc(Cl)ccc4c(NCCCCCCCCCNc4c5c(nc6cc(Cl)ccc46)CCCC5)c3[C@@H](C1)C2. The molecule has 0 amide bonds. The predicted octanol–water partition coefficient (Wildman–Crippen LogP) is 11.2. The van der Waals surface area contributed by atoms with Gasteiger partial charge in [-0.05, 0) is 119 Å². The van der Waals surface area contributed by atoms with Gasteiger partial charge >= 0.3 is 0 Å². The fourth-order valence-electron chi connectivity index (χ4n) is 8.24. The molecule has 2 N–H and O–H groups in total. The Balaban J connectivity index is 0.873. The number of anilines is 2. The van der Waals surface area contributed by atoms with Crippen LogP contribution in [0.4, 0.5) is 11.4 Å². The molecule has 2 bridgehead atoms. The molecular weight excluding hydrogens is 595 g/mol. The van der Waals surface area contributed by atoms with Crippen LogP contribution in [0.15, 0.2) is 48.0 Å². The summed E-state index contributed by atoms with van der Waals surface area (Å²) < 4.78 is 0. The number of aryl methyl sites for hydroxylation is 1. The Morgan fingerprint density at radius 2 is 1.31 bits per heavy atom. The molecule has 0 saturated heterocycles. The first-order valence-electron chi connectivity index (χ1n) is 17.4. The summed E-state index contributed by atoms with van der Waals surface area (Å²) >= 11 is 12.7. The number of allylic oxidation sites excluding steroid dienone is 2. The second-order valence-electron chi connectivity index (χ2n) is 13.7. The lowest BCUT2D eigenvalue weighted by atomic mass is 9.71. The zero-order valence-corrected chi connectivity index (χ0v) is 28.2. The molecule has 7 rings (SSSR count). The van der Waals surface area contributed by atoms with Crippen molar-refractivity contribution in [2.45, 2.75) is 103 Å². The highest BCUT2D eigenvalue weighted by atomic mass is 35.5. The molecular formula is C39H46Cl2N4. The van der Waals surface area contributed by atoms with Crippen LogP contribution in [0.2, 0.25) is 10.0 Å². The van der Waals surface area contributed by atoms with E-state index < -0.39 is 0 Å². The van der Waals surface area contributed by atoms with Gasteiger partial charge in [0.05, 0.1) is 11.0 Å². The molecule has 0 unspecified atom stereocenters. The molecule has 4 nitrogen and oxygen atoms in total. The highest BCUT2D eigenvalue weighted by Gasteiger charge is 2.33. The Morgan fingerprint density at radius 3 is 2.02 bits per heavy atom. The van der Waals surface area contributed by atoms with E-state index in [0.29, 0.717) is 11.8 Å². The number of pyridine rings is 2. The monoisotopic (exact) mass is 640 g/mol. The summed E-state index contributed by atoms with van der Waals surface area (Å²) in [6, 6.07) is 12.4. The lowest BCUT2D eigenvalue weighted by Gasteiger charge is -2.36. The zero-order valence-electron chi connectivity index (χ0n) is 26.7. The minimum atomic E-state index is 0.578. The van der Waals surface area contributed by atoms with Crippen LogP contribution in [-0.2, 0) is 19.3 Å². The van der Waals surface area contributed by atoms with Crippen LogP contribution in [-0.4, -0.2) is 23.1 Å². The summed E-state index contributed by atoms with van der Waals surface area (Å²) in [4.78, 5) is 10.1. The van der Waals surface area contributed by atoms with E-state index in [-0.39, 0.29) is 0 Å². The Morgan fingerprint density at radius 1 is 0.711 bits per heavy atom. The summed E-state index contributed by atoms with van der Waals surface area (Å²) in [6.07, 6.45) is 19.5. The molecule has 4 aromatic rings. The van der Waals surface area contributed by atoms with Gasteiger partial charge in [-0.3, -0.25) is 9.97 Å². The van der Waals surface area contributed by atoms with Gasteiger partial charge in [0, 0.05) is 62.2 Å². The number of fused-ring (bicyclic) bond motifs is 7. The molecule has 2 atom stereocenters. The van der Waals surface area contributed by atoms with Crippen LogP contribution in [0.1, 0.15) is 106 Å². The van der Waals surface area contributed by atoms with Gasteiger partial charge in [0.15, 0.2) is 0 Å². The third-order valence-electron chi connectivity index (χ3n) is 10.3. The average Bonchev–Trinajstić information content (AvgIpc) is 3.02. The van der Waals surface area contributed by atoms with Crippen LogP contribution in [0.5, 0.6) is 0 Å². The van der Waals surface area contributed by atoms with Crippen molar-refractivity contribution in [3.8, 4) is 0 Å². The van der Waals surface area contributed by atoms with Gasteiger partial charge in [-0.2, -0.15) is 0 Å². The first-order chi connectivity index (χ1) is 22.0. The maximum atomic E-state index is 6.38. The standard InChI is InChI=1S/C39H46Cl2N4/c1-25-19-26-21-27(20-25)37-36(22-26)45-35-24-29(41)14-16-32(35)39(37)43-18-10-6-4-2-3-5-9-17-42-38-30-11-7-8-12-33(30)44-34-23-28(40)13-15-31(34)38/h13-16,19,23-24,26-27H,2-12,17-18,20-22H2,1H3,(H,42,44)(H,43,45)/t26-,27+/m1/s1. The number of nitrogens with one attached hydrogen (secondary N) is 2. The minimum Gasteiger partial charge on any atom is -0.384 e. The zero-order chi connectivity index (χ0) is 30.8. The first kappa shape index (κ1) is 30.8. The third kappa shape index (κ3) is 6.83. The van der Waals surface area contributed by atoms with Crippen molar-refractivity contribution in [2.75, 3.05) is 23.7 Å². The van der Waals surface area contributed by atoms with Crippen molar-refractivity contribution in [1.29, 1.82) is 0 Å². The summed E-state index contributed by atoms with van der Waals surface area (Å²) in [6.45, 7) is 4.33. The molecule has 0 fully saturated rings. The summed E-state index contributed by atoms with van der Waals surface area (Å²) in [5.41, 5.74) is 11.7. The van der Waals surface area contributed by atoms with E-state index in [1.807, 2.05) is 24.3 Å². The molecule has 2 heterocycles. The van der Waals surface area contributed by atoms with Gasteiger partial charge in [-0.15, -0.1) is 0 Å². The molecule has 6 heteroatoms. The topological polar surface area (TPSA) is 49.8 Å². The lowest BCUT2D eigenvalue weighted by Crippen LogP contribution is -2.24. The van der Waals surface area contributed by atoms with Crippen molar-refractivity contribution in [3.05, 3.63) is 80.6 Å². The van der Waals surface area contributed by atoms with E-state index in [1.165, 1.54) is 114 Å². The summed E-state index contributed by atoms with van der Waals surface area (Å²) in [5, 5.41) is 11.7. The van der Waals surface area contributed by atoms with Crippen molar-refractivity contribution < 1.29 is 0 Å². The maximum Gasteiger partial charge on any atom is 0.0741 e. The maximum absolute atomic E-state index is 6.38. The molecule has 2 aromatic heterocycles. The molecule has 236 valence electrons. The van der Waals surface area contributed by atoms with E-state index in [4.69, 9.17) is 33.2 Å². The van der Waals surface area contributed by atoms with Gasteiger partial charge in [-0.1, -0.05) is 67.0 Å². The van der Waals surface area contributed by atoms with E-state index in [0.717, 1.165) is 59.9 Å². The van der Waals surface area contributed by atoms with Crippen molar-refractivity contribution in [2.24, 2.45) is 5.92 Å². The summed E-state index contributed by atoms with van der Waals surface area (Å²) in [7, 11) is 0. The second kappa shape index (κ2) is 13.9. The van der Waals surface area contributed by atoms with E-state index in [2.05, 4.69) is 35.8 Å². The fourth-order valence-corrected chi connectivity index (χ4v) is 8.57. The number of aromatic nitrogens is 2. The van der Waals surface area contributed by atoms with Crippen LogP contribution >= 0.6 is 23.2 Å². The van der Waals surface area contributed by atoms with E-state index >= 15 is 0 Å². The highest BCUT2D eigenvalue weighted by molar-refractivity contribution is 6.31. The molecule has 0 saturated carbocycles. The Kier molecular flexibility index (Phi) is 9.51. The average molecular weight is 642 g/mol. The van der Waals surface area contributed by atoms with Gasteiger partial charge in [0.2, 0.25) is 0 Å². The normalized spacial score (nSPS) is 18.9. The van der Waals surface area contributed by atoms with Crippen LogP contribution in [0.25, 0.3) is 21.8 Å². The largest absolute Gasteiger partial charge is 0.384 e. The number of benzene rings is 2. The van der Waals surface area contributed by atoms with Crippen molar-refractivity contribution in [1.82, 2.24) is 9.97 Å². The number of unbranched alkanes of at least 4 members (excludes halogenated alkanes) is 6. The lowest BCUT2D eigenvalue weighted by molar-refractivity contribution is 0.433. The fraction of sp³-hybridized carbons (Fsp3) is 0.487. The Bertz CT molecular complexity index is 1730. The third-order valence-corrected chi connectivity index (χ3v) is 10.8. The van der Waals surface area contributed by atoms with Gasteiger partial charge in [0.25, 0.3) is 0 Å². The molecule has 2 aromatic carbocycles. The van der Waals surface area contributed by atoms with Gasteiger partial charge < -0.3 is 10.6 Å². The Hall–Kier alpha value is -2.82. The molecule has 3 aliphatic rings. The minimum absolute atomic E-state index is 0.578. The smallest absolute Gasteiger partial charge is 0.0741 e. The van der Waals surface area contributed by atoms with Gasteiger partial charge in [0.1, 0.15) is 0 Å². The number of halogens is 2. The van der Waals surface area contributed by atoms with Crippen LogP contribution < -0.4 is 10.6 Å². The van der Waals surface area contributed by atoms with E-state index in [1.54, 1.807) is 0 Å². The number of nitrogens with zero attached hydrogens (tertiary/aromatic N) is 2. The molecule has 0 aliphatic heterocycles. The second-order valence-corrected chi connectivity index (χ2v) is 14.6. The number of hydrogen-bond acceptors (Lipinski definition) is 4. The summed E-state index contributed by atoms with van der Waals surface area (Å²) in [5.74, 6) is 1.21. The Labute approximate surface area is 278 Å². The van der Waals surface area contributed by atoms with Gasteiger partial charge in [-0.25, -0.2) is 0 Å². The van der Waals surface area contributed by atoms with Crippen LogP contribution in [0, 0.1) is 5.92 Å². The van der Waals surface area contributed by atoms with Crippen molar-refractivity contribution in [3.63, 3.8) is 0 Å². The van der Waals surface area contributed by atoms with Crippen LogP contribution in [0.3, 0.4) is 0 Å². The van der Waals surface area contributed by atoms with Crippen molar-refractivity contribution >= 4 is 56.4 Å². The predicted molar refractivity (Wildman–Crippen MR) is 192 cm³/mol. The molecule has 45 heavy (non-hydrogen) atoms. The first-order valence-corrected chi connectivity index (χ1v) is 18.2. The highest BCUT2D eigenvalue weighted by Crippen LogP contribution is 2.47. The molecule has 0 spiro atoms. The number of rotatable bonds is 12. The van der Waals surface area contributed by atoms with E-state index in [9.17, 15) is 0 Å². The molecule has 3 aliphatic carbocycles. The quantitative estimate of drug-likeness (QED) is 0.119. The molecule has 0 radical (unpaired) electrons. The number of hydrogen-bond donors (Lipinski definition) is 2.